The third-order valence-corrected chi connectivity index (χ3v) is 3.80. The van der Waals surface area contributed by atoms with E-state index in [1.807, 2.05) is 6.92 Å². The molecular formula is C15H21FN3O2+. The largest absolute Gasteiger partial charge is 0.332 e. The Morgan fingerprint density at radius 3 is 2.62 bits per heavy atom. The zero-order valence-electron chi connectivity index (χ0n) is 12.4. The number of halogens is 1. The molecule has 21 heavy (non-hydrogen) atoms. The first kappa shape index (κ1) is 15.4. The molecule has 1 heterocycles. The Balaban J connectivity index is 1.85. The number of piperazine rings is 1. The van der Waals surface area contributed by atoms with Gasteiger partial charge >= 0.3 is 0 Å². The average Bonchev–Trinajstić information content (AvgIpc) is 2.43. The molecule has 1 saturated heterocycles. The molecule has 5 nitrogen and oxygen atoms in total. The molecule has 0 spiro atoms. The third kappa shape index (κ3) is 4.26. The number of carbonyl (C=O) groups excluding carboxylic acids is 2. The van der Waals surface area contributed by atoms with Gasteiger partial charge in [0.15, 0.2) is 6.54 Å². The highest BCUT2D eigenvalue weighted by Crippen LogP contribution is 2.15. The van der Waals surface area contributed by atoms with Crippen molar-refractivity contribution in [1.29, 1.82) is 0 Å². The van der Waals surface area contributed by atoms with Gasteiger partial charge in [0.1, 0.15) is 5.82 Å². The van der Waals surface area contributed by atoms with Crippen LogP contribution in [0.5, 0.6) is 0 Å². The normalized spacial score (nSPS) is 15.9. The van der Waals surface area contributed by atoms with E-state index in [-0.39, 0.29) is 17.6 Å². The predicted molar refractivity (Wildman–Crippen MR) is 77.6 cm³/mol. The van der Waals surface area contributed by atoms with Crippen LogP contribution in [0, 0.1) is 12.7 Å². The Kier molecular flexibility index (Phi) is 4.90. The first-order chi connectivity index (χ1) is 9.95. The standard InChI is InChI=1S/C15H20FN3O2/c1-11-3-4-13(16)9-14(11)17-15(21)10-18-5-7-19(8-6-18)12(2)20/h3-4,9H,5-8,10H2,1-2H3,(H,17,21)/p+1. The number of amides is 2. The van der Waals surface area contributed by atoms with E-state index in [2.05, 4.69) is 5.32 Å². The molecule has 2 amide bonds. The van der Waals surface area contributed by atoms with Gasteiger partial charge in [-0.25, -0.2) is 4.39 Å². The molecule has 1 aromatic rings. The van der Waals surface area contributed by atoms with Crippen LogP contribution in [0.1, 0.15) is 12.5 Å². The maximum absolute atomic E-state index is 13.2. The van der Waals surface area contributed by atoms with Gasteiger partial charge in [0.05, 0.1) is 26.2 Å². The number of rotatable bonds is 3. The summed E-state index contributed by atoms with van der Waals surface area (Å²) in [6, 6.07) is 4.34. The molecule has 0 bridgehead atoms. The fraction of sp³-hybridized carbons (Fsp3) is 0.467. The van der Waals surface area contributed by atoms with Crippen LogP contribution in [-0.4, -0.2) is 49.4 Å². The summed E-state index contributed by atoms with van der Waals surface area (Å²) >= 11 is 0. The second-order valence-electron chi connectivity index (χ2n) is 5.44. The van der Waals surface area contributed by atoms with Crippen molar-refractivity contribution in [2.75, 3.05) is 38.0 Å². The molecule has 0 aliphatic carbocycles. The molecule has 0 atom stereocenters. The van der Waals surface area contributed by atoms with Gasteiger partial charge in [-0.1, -0.05) is 6.07 Å². The van der Waals surface area contributed by atoms with Gasteiger partial charge in [0, 0.05) is 12.6 Å². The number of nitrogens with one attached hydrogen (secondary N) is 2. The number of benzene rings is 1. The SMILES string of the molecule is CC(=O)N1CC[NH+](CC(=O)Nc2cc(F)ccc2C)CC1. The minimum Gasteiger partial charge on any atom is -0.332 e. The summed E-state index contributed by atoms with van der Waals surface area (Å²) in [6.07, 6.45) is 0. The molecule has 1 aliphatic rings. The van der Waals surface area contributed by atoms with Crippen LogP contribution in [0.25, 0.3) is 0 Å². The zero-order valence-corrected chi connectivity index (χ0v) is 12.4. The molecular weight excluding hydrogens is 273 g/mol. The molecule has 1 fully saturated rings. The smallest absolute Gasteiger partial charge is 0.279 e. The van der Waals surface area contributed by atoms with E-state index in [0.29, 0.717) is 25.3 Å². The molecule has 1 aromatic carbocycles. The van der Waals surface area contributed by atoms with E-state index in [0.717, 1.165) is 23.6 Å². The number of hydrogen-bond acceptors (Lipinski definition) is 2. The lowest BCUT2D eigenvalue weighted by molar-refractivity contribution is -0.895. The molecule has 114 valence electrons. The molecule has 6 heteroatoms. The molecule has 0 aromatic heterocycles. The minimum atomic E-state index is -0.363. The summed E-state index contributed by atoms with van der Waals surface area (Å²) in [4.78, 5) is 26.2. The maximum atomic E-state index is 13.2. The number of hydrogen-bond donors (Lipinski definition) is 2. The fourth-order valence-corrected chi connectivity index (χ4v) is 2.46. The topological polar surface area (TPSA) is 53.9 Å². The third-order valence-electron chi connectivity index (χ3n) is 3.80. The summed E-state index contributed by atoms with van der Waals surface area (Å²) in [7, 11) is 0. The lowest BCUT2D eigenvalue weighted by atomic mass is 10.2. The highest BCUT2D eigenvalue weighted by Gasteiger charge is 2.23. The van der Waals surface area contributed by atoms with E-state index in [9.17, 15) is 14.0 Å². The van der Waals surface area contributed by atoms with Crippen LogP contribution in [0.2, 0.25) is 0 Å². The van der Waals surface area contributed by atoms with Crippen LogP contribution in [0.3, 0.4) is 0 Å². The first-order valence-electron chi connectivity index (χ1n) is 7.11. The number of nitrogens with zero attached hydrogens (tertiary/aromatic N) is 1. The highest BCUT2D eigenvalue weighted by atomic mass is 19.1. The van der Waals surface area contributed by atoms with Crippen LogP contribution in [0.15, 0.2) is 18.2 Å². The summed E-state index contributed by atoms with van der Waals surface area (Å²) < 4.78 is 13.2. The van der Waals surface area contributed by atoms with Crippen LogP contribution in [-0.2, 0) is 9.59 Å². The second-order valence-corrected chi connectivity index (χ2v) is 5.44. The molecule has 2 N–H and O–H groups in total. The maximum Gasteiger partial charge on any atom is 0.279 e. The van der Waals surface area contributed by atoms with Crippen molar-refractivity contribution in [2.45, 2.75) is 13.8 Å². The lowest BCUT2D eigenvalue weighted by Crippen LogP contribution is -3.15. The van der Waals surface area contributed by atoms with Gasteiger partial charge in [-0.3, -0.25) is 9.59 Å². The fourth-order valence-electron chi connectivity index (χ4n) is 2.46. The van der Waals surface area contributed by atoms with E-state index < -0.39 is 0 Å². The van der Waals surface area contributed by atoms with E-state index >= 15 is 0 Å². The van der Waals surface area contributed by atoms with Gasteiger partial charge in [-0.2, -0.15) is 0 Å². The number of carbonyl (C=O) groups is 2. The van der Waals surface area contributed by atoms with Gasteiger partial charge in [-0.15, -0.1) is 0 Å². The van der Waals surface area contributed by atoms with Crippen molar-refractivity contribution < 1.29 is 18.9 Å². The Labute approximate surface area is 123 Å². The van der Waals surface area contributed by atoms with Crippen molar-refractivity contribution in [3.8, 4) is 0 Å². The average molecular weight is 294 g/mol. The Hall–Kier alpha value is -1.95. The Morgan fingerprint density at radius 2 is 2.00 bits per heavy atom. The van der Waals surface area contributed by atoms with Crippen LogP contribution >= 0.6 is 0 Å². The first-order valence-corrected chi connectivity index (χ1v) is 7.11. The van der Waals surface area contributed by atoms with E-state index in [1.54, 1.807) is 17.9 Å². The van der Waals surface area contributed by atoms with E-state index in [1.165, 1.54) is 12.1 Å². The van der Waals surface area contributed by atoms with Gasteiger partial charge < -0.3 is 15.1 Å². The van der Waals surface area contributed by atoms with E-state index in [4.69, 9.17) is 0 Å². The summed E-state index contributed by atoms with van der Waals surface area (Å²) in [6.45, 7) is 6.60. The van der Waals surface area contributed by atoms with Crippen molar-refractivity contribution >= 4 is 17.5 Å². The molecule has 1 aliphatic heterocycles. The van der Waals surface area contributed by atoms with Crippen molar-refractivity contribution in [3.63, 3.8) is 0 Å². The van der Waals surface area contributed by atoms with Gasteiger partial charge in [-0.05, 0) is 24.6 Å². The predicted octanol–water partition coefficient (Wildman–Crippen LogP) is -0.180. The molecule has 0 radical (unpaired) electrons. The van der Waals surface area contributed by atoms with Gasteiger partial charge in [0.2, 0.25) is 5.91 Å². The zero-order chi connectivity index (χ0) is 15.4. The van der Waals surface area contributed by atoms with Gasteiger partial charge in [0.25, 0.3) is 5.91 Å². The summed E-state index contributed by atoms with van der Waals surface area (Å²) in [5, 5.41) is 2.75. The second kappa shape index (κ2) is 6.67. The Bertz CT molecular complexity index is 540. The summed E-state index contributed by atoms with van der Waals surface area (Å²) in [5.74, 6) is -0.415. The van der Waals surface area contributed by atoms with Crippen LogP contribution in [0.4, 0.5) is 10.1 Å². The number of anilines is 1. The summed E-state index contributed by atoms with van der Waals surface area (Å²) in [5.41, 5.74) is 1.35. The lowest BCUT2D eigenvalue weighted by Gasteiger charge is -2.31. The molecule has 0 saturated carbocycles. The minimum absolute atomic E-state index is 0.0777. The molecule has 0 unspecified atom stereocenters. The Morgan fingerprint density at radius 1 is 1.33 bits per heavy atom. The monoisotopic (exact) mass is 294 g/mol. The van der Waals surface area contributed by atoms with Crippen molar-refractivity contribution in [2.24, 2.45) is 0 Å². The number of quaternary nitrogens is 1. The van der Waals surface area contributed by atoms with Crippen LogP contribution < -0.4 is 10.2 Å². The number of aryl methyl sites for hydroxylation is 1. The van der Waals surface area contributed by atoms with Crippen molar-refractivity contribution in [3.05, 3.63) is 29.6 Å². The quantitative estimate of drug-likeness (QED) is 0.812. The van der Waals surface area contributed by atoms with Crippen molar-refractivity contribution in [1.82, 2.24) is 4.90 Å². The highest BCUT2D eigenvalue weighted by molar-refractivity contribution is 5.92. The molecule has 2 rings (SSSR count).